The molecule has 0 unspecified atom stereocenters. The number of halogens is 2. The first-order valence-corrected chi connectivity index (χ1v) is 16.7. The van der Waals surface area contributed by atoms with Crippen molar-refractivity contribution >= 4 is 35.3 Å². The molecule has 3 N–H and O–H groups in total. The van der Waals surface area contributed by atoms with Gasteiger partial charge in [0.1, 0.15) is 17.7 Å². The number of urea groups is 2. The minimum Gasteiger partial charge on any atom is -0.342 e. The minimum absolute atomic E-state index is 0.0412. The van der Waals surface area contributed by atoms with Crippen LogP contribution in [0.15, 0.2) is 42.5 Å². The minimum atomic E-state index is -1.17. The summed E-state index contributed by atoms with van der Waals surface area (Å²) in [6.45, 7) is 4.50. The van der Waals surface area contributed by atoms with E-state index in [1.165, 1.54) is 19.3 Å². The molecule has 252 valence electrons. The number of carbonyl (C=O) groups excluding carboxylic acids is 4. The Morgan fingerprint density at radius 1 is 0.851 bits per heavy atom. The topological polar surface area (TPSA) is 117 Å². The molecule has 0 radical (unpaired) electrons. The lowest BCUT2D eigenvalue weighted by molar-refractivity contribution is -0.140. The summed E-state index contributed by atoms with van der Waals surface area (Å²) in [5.41, 5.74) is 1.61. The second-order valence-corrected chi connectivity index (χ2v) is 13.0. The van der Waals surface area contributed by atoms with E-state index in [1.807, 2.05) is 29.2 Å². The summed E-state index contributed by atoms with van der Waals surface area (Å²) in [6.07, 6.45) is 6.18. The molecule has 0 spiro atoms. The summed E-state index contributed by atoms with van der Waals surface area (Å²) in [7, 11) is 0. The van der Waals surface area contributed by atoms with Crippen molar-refractivity contribution in [2.75, 3.05) is 49.9 Å². The molecule has 11 nitrogen and oxygen atoms in total. The average Bonchev–Trinajstić information content (AvgIpc) is 3.09. The summed E-state index contributed by atoms with van der Waals surface area (Å²) in [5.74, 6) is -2.38. The fraction of sp³-hybridized carbons (Fsp3) is 0.529. The van der Waals surface area contributed by atoms with Crippen LogP contribution in [0.2, 0.25) is 0 Å². The number of rotatable bonds is 7. The zero-order valence-electron chi connectivity index (χ0n) is 26.6. The molecule has 2 aromatic rings. The Morgan fingerprint density at radius 3 is 2.26 bits per heavy atom. The van der Waals surface area contributed by atoms with Gasteiger partial charge in [-0.3, -0.25) is 9.59 Å². The van der Waals surface area contributed by atoms with E-state index in [1.54, 1.807) is 9.80 Å². The lowest BCUT2D eigenvalue weighted by atomic mass is 9.98. The third-order valence-electron chi connectivity index (χ3n) is 9.96. The molecule has 1 atom stereocenters. The maximum atomic E-state index is 14.3. The van der Waals surface area contributed by atoms with Crippen molar-refractivity contribution in [2.45, 2.75) is 76.0 Å². The van der Waals surface area contributed by atoms with Gasteiger partial charge in [0.15, 0.2) is 0 Å². The van der Waals surface area contributed by atoms with Gasteiger partial charge in [0.2, 0.25) is 11.8 Å². The number of hydrogen-bond acceptors (Lipinski definition) is 5. The third kappa shape index (κ3) is 7.83. The van der Waals surface area contributed by atoms with Gasteiger partial charge in [-0.25, -0.2) is 18.4 Å². The highest BCUT2D eigenvalue weighted by molar-refractivity contribution is 5.96. The Balaban J connectivity index is 1.08. The highest BCUT2D eigenvalue weighted by Gasteiger charge is 2.36. The zero-order valence-corrected chi connectivity index (χ0v) is 26.6. The van der Waals surface area contributed by atoms with Crippen LogP contribution >= 0.6 is 0 Å². The van der Waals surface area contributed by atoms with E-state index in [-0.39, 0.29) is 36.0 Å². The van der Waals surface area contributed by atoms with Gasteiger partial charge < -0.3 is 35.6 Å². The number of piperidine rings is 3. The monoisotopic (exact) mass is 651 g/mol. The lowest BCUT2D eigenvalue weighted by Gasteiger charge is -2.41. The van der Waals surface area contributed by atoms with Crippen LogP contribution in [0.5, 0.6) is 0 Å². The molecular formula is C34H43F2N7O4. The quantitative estimate of drug-likeness (QED) is 0.412. The van der Waals surface area contributed by atoms with E-state index in [9.17, 15) is 28.0 Å². The second-order valence-electron chi connectivity index (χ2n) is 13.0. The number of nitrogens with one attached hydrogen (secondary N) is 3. The van der Waals surface area contributed by atoms with Crippen molar-refractivity contribution in [3.05, 3.63) is 59.7 Å². The predicted molar refractivity (Wildman–Crippen MR) is 173 cm³/mol. The molecule has 0 saturated carbocycles. The first kappa shape index (κ1) is 32.7. The van der Waals surface area contributed by atoms with Crippen molar-refractivity contribution < 1.29 is 28.0 Å². The maximum absolute atomic E-state index is 14.3. The van der Waals surface area contributed by atoms with Crippen molar-refractivity contribution in [1.29, 1.82) is 0 Å². The van der Waals surface area contributed by atoms with Crippen molar-refractivity contribution in [3.63, 3.8) is 0 Å². The number of anilines is 2. The van der Waals surface area contributed by atoms with Gasteiger partial charge in [-0.15, -0.1) is 0 Å². The third-order valence-corrected chi connectivity index (χ3v) is 9.96. The van der Waals surface area contributed by atoms with Crippen LogP contribution in [0.3, 0.4) is 0 Å². The highest BCUT2D eigenvalue weighted by Crippen LogP contribution is 2.28. The maximum Gasteiger partial charge on any atom is 0.322 e. The van der Waals surface area contributed by atoms with Crippen LogP contribution < -0.4 is 16.0 Å². The Bertz CT molecular complexity index is 1470. The number of likely N-dealkylation sites (tertiary alicyclic amines) is 3. The Labute approximate surface area is 273 Å². The van der Waals surface area contributed by atoms with Crippen LogP contribution in [-0.2, 0) is 16.1 Å². The van der Waals surface area contributed by atoms with Gasteiger partial charge in [-0.2, -0.15) is 0 Å². The summed E-state index contributed by atoms with van der Waals surface area (Å²) in [5, 5.41) is 7.90. The molecule has 3 fully saturated rings. The number of para-hydroxylation sites is 1. The molecule has 6 amide bonds. The van der Waals surface area contributed by atoms with Crippen LogP contribution in [0.25, 0.3) is 0 Å². The largest absolute Gasteiger partial charge is 0.342 e. The molecule has 4 heterocycles. The van der Waals surface area contributed by atoms with Crippen molar-refractivity contribution in [2.24, 2.45) is 0 Å². The van der Waals surface area contributed by atoms with Crippen molar-refractivity contribution in [3.8, 4) is 0 Å². The zero-order chi connectivity index (χ0) is 32.9. The summed E-state index contributed by atoms with van der Waals surface area (Å²) >= 11 is 0. The molecule has 0 aliphatic carbocycles. The standard InChI is InChI=1S/C34H43F2N7O4/c35-24-8-9-29(27(36)20-24)37-33(46)38-30(32(45)42-18-10-25(11-19-42)40-14-4-1-5-15-40)21-31(44)41-16-12-26(13-17-41)43-22-23-6-2-3-7-28(23)39-34(43)47/h2-3,6-9,20,25-26,30H,1,4-5,10-19,21-22H2,(H,39,47)(H2,37,38,46)/t30-/m0/s1. The smallest absolute Gasteiger partial charge is 0.322 e. The van der Waals surface area contributed by atoms with Crippen LogP contribution in [0.4, 0.5) is 29.7 Å². The molecule has 3 saturated heterocycles. The van der Waals surface area contributed by atoms with Gasteiger partial charge in [-0.05, 0) is 75.4 Å². The molecular weight excluding hydrogens is 608 g/mol. The van der Waals surface area contributed by atoms with E-state index in [0.29, 0.717) is 57.7 Å². The molecule has 6 rings (SSSR count). The molecule has 4 aliphatic rings. The molecule has 4 aliphatic heterocycles. The first-order valence-electron chi connectivity index (χ1n) is 16.7. The molecule has 47 heavy (non-hydrogen) atoms. The average molecular weight is 652 g/mol. The normalized spacial score (nSPS) is 20.3. The number of fused-ring (bicyclic) bond motifs is 1. The highest BCUT2D eigenvalue weighted by atomic mass is 19.1. The summed E-state index contributed by atoms with van der Waals surface area (Å²) < 4.78 is 27.6. The van der Waals surface area contributed by atoms with Gasteiger partial charge in [-0.1, -0.05) is 24.6 Å². The Kier molecular flexibility index (Phi) is 10.2. The Hall–Kier alpha value is -4.26. The van der Waals surface area contributed by atoms with Gasteiger partial charge in [0.25, 0.3) is 0 Å². The molecule has 0 bridgehead atoms. The fourth-order valence-electron chi connectivity index (χ4n) is 7.31. The van der Waals surface area contributed by atoms with E-state index in [0.717, 1.165) is 49.3 Å². The summed E-state index contributed by atoms with van der Waals surface area (Å²) in [4.78, 5) is 60.9. The predicted octanol–water partition coefficient (Wildman–Crippen LogP) is 4.36. The number of carbonyl (C=O) groups is 4. The van der Waals surface area contributed by atoms with Crippen LogP contribution in [0, 0.1) is 11.6 Å². The number of nitrogens with zero attached hydrogens (tertiary/aromatic N) is 4. The van der Waals surface area contributed by atoms with E-state index in [2.05, 4.69) is 20.9 Å². The molecule has 13 heteroatoms. The number of hydrogen-bond donors (Lipinski definition) is 3. The lowest BCUT2D eigenvalue weighted by Crippen LogP contribution is -2.56. The van der Waals surface area contributed by atoms with Gasteiger partial charge >= 0.3 is 12.1 Å². The van der Waals surface area contributed by atoms with Crippen LogP contribution in [0.1, 0.15) is 56.9 Å². The molecule has 0 aromatic heterocycles. The number of benzene rings is 2. The second kappa shape index (κ2) is 14.7. The SMILES string of the molecule is O=C(Nc1ccc(F)cc1F)N[C@@H](CC(=O)N1CCC(N2Cc3ccccc3NC2=O)CC1)C(=O)N1CCC(N2CCCCC2)CC1. The van der Waals surface area contributed by atoms with E-state index < -0.39 is 23.7 Å². The van der Waals surface area contributed by atoms with E-state index in [4.69, 9.17) is 0 Å². The van der Waals surface area contributed by atoms with E-state index >= 15 is 0 Å². The summed E-state index contributed by atoms with van der Waals surface area (Å²) in [6, 6.07) is 8.65. The molecule has 2 aromatic carbocycles. The Morgan fingerprint density at radius 2 is 1.53 bits per heavy atom. The van der Waals surface area contributed by atoms with Crippen LogP contribution in [-0.4, -0.2) is 101 Å². The first-order chi connectivity index (χ1) is 22.7. The van der Waals surface area contributed by atoms with Crippen molar-refractivity contribution in [1.82, 2.24) is 24.9 Å². The number of amides is 6. The van der Waals surface area contributed by atoms with Gasteiger partial charge in [0, 0.05) is 56.6 Å². The fourth-order valence-corrected chi connectivity index (χ4v) is 7.31. The van der Waals surface area contributed by atoms with Gasteiger partial charge in [0.05, 0.1) is 12.1 Å².